The summed E-state index contributed by atoms with van der Waals surface area (Å²) in [4.78, 5) is 13.2. The molecule has 2 N–H and O–H groups in total. The third kappa shape index (κ3) is 4.67. The lowest BCUT2D eigenvalue weighted by molar-refractivity contribution is -0.117. The fourth-order valence-electron chi connectivity index (χ4n) is 2.15. The van der Waals surface area contributed by atoms with Gasteiger partial charge in [0.05, 0.1) is 7.11 Å². The molecule has 0 aliphatic heterocycles. The van der Waals surface area contributed by atoms with Crippen LogP contribution in [0, 0.1) is 0 Å². The standard InChI is InChI=1S/C17H19ClN2O2/c1-22-16-8-6-15(7-9-16)20(11-10-17(19)21)12-13-2-4-14(18)5-3-13/h2-9H,10-12H2,1H3,(H2,19,21). The minimum Gasteiger partial charge on any atom is -0.497 e. The molecule has 2 aromatic carbocycles. The number of carbonyl (C=O) groups is 1. The number of rotatable bonds is 7. The van der Waals surface area contributed by atoms with Crippen molar-refractivity contribution in [1.82, 2.24) is 0 Å². The third-order valence-electron chi connectivity index (χ3n) is 3.35. The largest absolute Gasteiger partial charge is 0.497 e. The number of nitrogens with two attached hydrogens (primary N) is 1. The van der Waals surface area contributed by atoms with E-state index in [4.69, 9.17) is 22.1 Å². The number of carbonyl (C=O) groups excluding carboxylic acids is 1. The highest BCUT2D eigenvalue weighted by atomic mass is 35.5. The summed E-state index contributed by atoms with van der Waals surface area (Å²) in [6.45, 7) is 1.24. The molecule has 0 saturated heterocycles. The third-order valence-corrected chi connectivity index (χ3v) is 3.60. The molecule has 2 aromatic rings. The van der Waals surface area contributed by atoms with E-state index in [-0.39, 0.29) is 5.91 Å². The van der Waals surface area contributed by atoms with Crippen LogP contribution in [-0.4, -0.2) is 19.6 Å². The highest BCUT2D eigenvalue weighted by Crippen LogP contribution is 2.22. The van der Waals surface area contributed by atoms with E-state index in [9.17, 15) is 4.79 Å². The van der Waals surface area contributed by atoms with Crippen LogP contribution in [-0.2, 0) is 11.3 Å². The molecule has 0 bridgehead atoms. The maximum absolute atomic E-state index is 11.1. The van der Waals surface area contributed by atoms with E-state index in [2.05, 4.69) is 4.90 Å². The Labute approximate surface area is 135 Å². The Kier molecular flexibility index (Phi) is 5.67. The van der Waals surface area contributed by atoms with E-state index in [1.807, 2.05) is 48.5 Å². The summed E-state index contributed by atoms with van der Waals surface area (Å²) in [6, 6.07) is 15.4. The first-order valence-corrected chi connectivity index (χ1v) is 7.38. The Morgan fingerprint density at radius 1 is 1.14 bits per heavy atom. The summed E-state index contributed by atoms with van der Waals surface area (Å²) in [6.07, 6.45) is 0.305. The van der Waals surface area contributed by atoms with Gasteiger partial charge >= 0.3 is 0 Å². The normalized spacial score (nSPS) is 10.3. The van der Waals surface area contributed by atoms with Crippen molar-refractivity contribution in [3.8, 4) is 5.75 Å². The number of benzene rings is 2. The Hall–Kier alpha value is -2.20. The summed E-state index contributed by atoms with van der Waals surface area (Å²) in [7, 11) is 1.63. The number of anilines is 1. The van der Waals surface area contributed by atoms with E-state index in [0.717, 1.165) is 17.0 Å². The summed E-state index contributed by atoms with van der Waals surface area (Å²) < 4.78 is 5.17. The Bertz CT molecular complexity index is 612. The average Bonchev–Trinajstić information content (AvgIpc) is 2.53. The van der Waals surface area contributed by atoms with Crippen LogP contribution in [0.15, 0.2) is 48.5 Å². The van der Waals surface area contributed by atoms with Gasteiger partial charge in [-0.2, -0.15) is 0 Å². The number of nitrogens with zero attached hydrogens (tertiary/aromatic N) is 1. The molecule has 0 fully saturated rings. The first kappa shape index (κ1) is 16.2. The van der Waals surface area contributed by atoms with Crippen LogP contribution in [0.25, 0.3) is 0 Å². The predicted octanol–water partition coefficient (Wildman–Crippen LogP) is 3.23. The molecule has 0 atom stereocenters. The van der Waals surface area contributed by atoms with Crippen LogP contribution in [0.4, 0.5) is 5.69 Å². The molecule has 116 valence electrons. The van der Waals surface area contributed by atoms with Gasteiger partial charge in [0.15, 0.2) is 0 Å². The lowest BCUT2D eigenvalue weighted by Crippen LogP contribution is -2.27. The van der Waals surface area contributed by atoms with Gasteiger partial charge in [-0.1, -0.05) is 23.7 Å². The van der Waals surface area contributed by atoms with Gasteiger partial charge in [-0.05, 0) is 42.0 Å². The average molecular weight is 319 g/mol. The predicted molar refractivity (Wildman–Crippen MR) is 89.3 cm³/mol. The van der Waals surface area contributed by atoms with Crippen molar-refractivity contribution in [2.75, 3.05) is 18.6 Å². The van der Waals surface area contributed by atoms with Crippen molar-refractivity contribution >= 4 is 23.2 Å². The van der Waals surface area contributed by atoms with E-state index in [0.29, 0.717) is 24.5 Å². The van der Waals surface area contributed by atoms with Crippen molar-refractivity contribution in [2.24, 2.45) is 5.73 Å². The van der Waals surface area contributed by atoms with Gasteiger partial charge in [-0.3, -0.25) is 4.79 Å². The maximum Gasteiger partial charge on any atom is 0.219 e. The summed E-state index contributed by atoms with van der Waals surface area (Å²) in [5, 5.41) is 0.705. The number of hydrogen-bond acceptors (Lipinski definition) is 3. The van der Waals surface area contributed by atoms with Crippen molar-refractivity contribution < 1.29 is 9.53 Å². The first-order chi connectivity index (χ1) is 10.6. The van der Waals surface area contributed by atoms with Gasteiger partial charge in [0, 0.05) is 30.2 Å². The number of primary amides is 1. The fourth-order valence-corrected chi connectivity index (χ4v) is 2.27. The van der Waals surface area contributed by atoms with Gasteiger partial charge in [0.25, 0.3) is 0 Å². The van der Waals surface area contributed by atoms with Crippen LogP contribution < -0.4 is 15.4 Å². The molecule has 1 amide bonds. The van der Waals surface area contributed by atoms with E-state index < -0.39 is 0 Å². The molecule has 0 radical (unpaired) electrons. The van der Waals surface area contributed by atoms with E-state index >= 15 is 0 Å². The van der Waals surface area contributed by atoms with Crippen molar-refractivity contribution in [3.63, 3.8) is 0 Å². The number of halogens is 1. The second-order valence-corrected chi connectivity index (χ2v) is 5.40. The minimum absolute atomic E-state index is 0.305. The summed E-state index contributed by atoms with van der Waals surface area (Å²) >= 11 is 5.91. The zero-order valence-electron chi connectivity index (χ0n) is 12.5. The topological polar surface area (TPSA) is 55.6 Å². The zero-order valence-corrected chi connectivity index (χ0v) is 13.2. The molecular formula is C17H19ClN2O2. The van der Waals surface area contributed by atoms with Gasteiger partial charge in [-0.15, -0.1) is 0 Å². The lowest BCUT2D eigenvalue weighted by atomic mass is 10.2. The molecule has 0 spiro atoms. The van der Waals surface area contributed by atoms with Gasteiger partial charge in [-0.25, -0.2) is 0 Å². The molecular weight excluding hydrogens is 300 g/mol. The number of amides is 1. The lowest BCUT2D eigenvalue weighted by Gasteiger charge is -2.24. The van der Waals surface area contributed by atoms with Crippen molar-refractivity contribution in [2.45, 2.75) is 13.0 Å². The molecule has 0 aliphatic carbocycles. The molecule has 22 heavy (non-hydrogen) atoms. The Balaban J connectivity index is 2.16. The number of ether oxygens (including phenoxy) is 1. The van der Waals surface area contributed by atoms with Gasteiger partial charge in [0.1, 0.15) is 5.75 Å². The number of hydrogen-bond donors (Lipinski definition) is 1. The summed E-state index contributed by atoms with van der Waals surface area (Å²) in [5.74, 6) is 0.486. The van der Waals surface area contributed by atoms with Crippen LogP contribution in [0.5, 0.6) is 5.75 Å². The molecule has 0 heterocycles. The highest BCUT2D eigenvalue weighted by molar-refractivity contribution is 6.30. The van der Waals surface area contributed by atoms with Crippen LogP contribution in [0.2, 0.25) is 5.02 Å². The fraction of sp³-hybridized carbons (Fsp3) is 0.235. The monoisotopic (exact) mass is 318 g/mol. The molecule has 0 aromatic heterocycles. The van der Waals surface area contributed by atoms with E-state index in [1.165, 1.54) is 0 Å². The SMILES string of the molecule is COc1ccc(N(CCC(N)=O)Cc2ccc(Cl)cc2)cc1. The minimum atomic E-state index is -0.311. The Morgan fingerprint density at radius 3 is 2.32 bits per heavy atom. The highest BCUT2D eigenvalue weighted by Gasteiger charge is 2.09. The molecule has 5 heteroatoms. The van der Waals surface area contributed by atoms with Crippen molar-refractivity contribution in [3.05, 3.63) is 59.1 Å². The molecule has 0 saturated carbocycles. The van der Waals surface area contributed by atoms with Gasteiger partial charge < -0.3 is 15.4 Å². The first-order valence-electron chi connectivity index (χ1n) is 7.00. The molecule has 0 aliphatic rings. The maximum atomic E-state index is 11.1. The van der Waals surface area contributed by atoms with Crippen LogP contribution in [0.1, 0.15) is 12.0 Å². The molecule has 0 unspecified atom stereocenters. The smallest absolute Gasteiger partial charge is 0.219 e. The Morgan fingerprint density at radius 2 is 1.77 bits per heavy atom. The van der Waals surface area contributed by atoms with Crippen LogP contribution in [0.3, 0.4) is 0 Å². The molecule has 4 nitrogen and oxygen atoms in total. The van der Waals surface area contributed by atoms with Crippen molar-refractivity contribution in [1.29, 1.82) is 0 Å². The number of methoxy groups -OCH3 is 1. The van der Waals surface area contributed by atoms with Crippen LogP contribution >= 0.6 is 11.6 Å². The zero-order chi connectivity index (χ0) is 15.9. The molecule has 2 rings (SSSR count). The second-order valence-electron chi connectivity index (χ2n) is 4.96. The second kappa shape index (κ2) is 7.71. The van der Waals surface area contributed by atoms with E-state index in [1.54, 1.807) is 7.11 Å². The summed E-state index contributed by atoms with van der Waals surface area (Å²) in [5.41, 5.74) is 7.40. The van der Waals surface area contributed by atoms with Gasteiger partial charge in [0.2, 0.25) is 5.91 Å². The quantitative estimate of drug-likeness (QED) is 0.852.